The minimum absolute atomic E-state index is 0.0129. The first kappa shape index (κ1) is 17.5. The second kappa shape index (κ2) is 7.59. The van der Waals surface area contributed by atoms with Crippen LogP contribution < -0.4 is 5.32 Å². The highest BCUT2D eigenvalue weighted by Crippen LogP contribution is 2.18. The first-order valence-corrected chi connectivity index (χ1v) is 8.15. The lowest BCUT2D eigenvalue weighted by Gasteiger charge is -2.26. The number of carbonyl (C=O) groups excluding carboxylic acids is 2. The van der Waals surface area contributed by atoms with E-state index in [2.05, 4.69) is 10.5 Å². The summed E-state index contributed by atoms with van der Waals surface area (Å²) < 4.78 is 5.06. The highest BCUT2D eigenvalue weighted by atomic mass is 16.5. The van der Waals surface area contributed by atoms with Crippen molar-refractivity contribution in [2.24, 2.45) is 0 Å². The Balaban J connectivity index is 1.88. The molecule has 0 bridgehead atoms. The van der Waals surface area contributed by atoms with Crippen LogP contribution in [-0.2, 0) is 16.0 Å². The summed E-state index contributed by atoms with van der Waals surface area (Å²) in [6.45, 7) is 7.88. The number of aromatic nitrogens is 1. The van der Waals surface area contributed by atoms with Crippen molar-refractivity contribution in [3.8, 4) is 0 Å². The van der Waals surface area contributed by atoms with Gasteiger partial charge in [0.15, 0.2) is 0 Å². The molecule has 2 rings (SSSR count). The maximum Gasteiger partial charge on any atom is 0.239 e. The van der Waals surface area contributed by atoms with Crippen LogP contribution in [0.3, 0.4) is 0 Å². The molecular formula is C16H26N4O3. The number of hydrogen-bond acceptors (Lipinski definition) is 5. The van der Waals surface area contributed by atoms with Gasteiger partial charge in [0.05, 0.1) is 18.2 Å². The lowest BCUT2D eigenvalue weighted by atomic mass is 10.1. The molecule has 2 amide bonds. The standard InChI is InChI=1S/C16H26N4O3/c1-5-20(6-2)16(22)14-8-12(10-19(14)4)17-15(21)9-13-7-11(3)18-23-13/h7,12,14H,5-6,8-10H2,1-4H3,(H,17,21)/t12-,14+/m1/s1. The van der Waals surface area contributed by atoms with E-state index < -0.39 is 0 Å². The smallest absolute Gasteiger partial charge is 0.239 e. The Labute approximate surface area is 137 Å². The van der Waals surface area contributed by atoms with E-state index in [1.54, 1.807) is 6.07 Å². The Morgan fingerprint density at radius 2 is 2.13 bits per heavy atom. The second-order valence-corrected chi connectivity index (χ2v) is 6.08. The normalized spacial score (nSPS) is 21.4. The Hall–Kier alpha value is -1.89. The molecule has 0 aliphatic carbocycles. The topological polar surface area (TPSA) is 78.7 Å². The van der Waals surface area contributed by atoms with Crippen LogP contribution in [-0.4, -0.2) is 65.5 Å². The van der Waals surface area contributed by atoms with Crippen molar-refractivity contribution in [2.75, 3.05) is 26.7 Å². The second-order valence-electron chi connectivity index (χ2n) is 6.08. The van der Waals surface area contributed by atoms with E-state index in [9.17, 15) is 9.59 Å². The number of likely N-dealkylation sites (N-methyl/N-ethyl adjacent to an activating group) is 2. The van der Waals surface area contributed by atoms with Gasteiger partial charge in [0, 0.05) is 31.7 Å². The monoisotopic (exact) mass is 322 g/mol. The lowest BCUT2D eigenvalue weighted by Crippen LogP contribution is -2.44. The van der Waals surface area contributed by atoms with Gasteiger partial charge in [0.25, 0.3) is 0 Å². The molecule has 0 saturated carbocycles. The van der Waals surface area contributed by atoms with Gasteiger partial charge in [0.2, 0.25) is 11.8 Å². The van der Waals surface area contributed by atoms with Gasteiger partial charge in [0.1, 0.15) is 5.76 Å². The van der Waals surface area contributed by atoms with Gasteiger partial charge in [-0.3, -0.25) is 14.5 Å². The van der Waals surface area contributed by atoms with Crippen LogP contribution in [0.1, 0.15) is 31.7 Å². The third-order valence-corrected chi connectivity index (χ3v) is 4.29. The number of likely N-dealkylation sites (tertiary alicyclic amines) is 1. The fourth-order valence-electron chi connectivity index (χ4n) is 3.08. The van der Waals surface area contributed by atoms with Crippen molar-refractivity contribution in [2.45, 2.75) is 45.7 Å². The Morgan fingerprint density at radius 3 is 2.70 bits per heavy atom. The van der Waals surface area contributed by atoms with Gasteiger partial charge in [-0.25, -0.2) is 0 Å². The zero-order chi connectivity index (χ0) is 17.0. The molecule has 0 aromatic carbocycles. The zero-order valence-electron chi connectivity index (χ0n) is 14.3. The van der Waals surface area contributed by atoms with Crippen molar-refractivity contribution < 1.29 is 14.1 Å². The number of amides is 2. The molecule has 1 aromatic heterocycles. The molecule has 128 valence electrons. The summed E-state index contributed by atoms with van der Waals surface area (Å²) in [6, 6.07) is 1.58. The number of rotatable bonds is 6. The van der Waals surface area contributed by atoms with Gasteiger partial charge in [-0.15, -0.1) is 0 Å². The first-order valence-electron chi connectivity index (χ1n) is 8.15. The molecule has 0 radical (unpaired) electrons. The Kier molecular flexibility index (Phi) is 5.76. The number of nitrogens with zero attached hydrogens (tertiary/aromatic N) is 3. The van der Waals surface area contributed by atoms with Crippen LogP contribution in [0.2, 0.25) is 0 Å². The minimum Gasteiger partial charge on any atom is -0.361 e. The predicted octanol–water partition coefficient (Wildman–Crippen LogP) is 0.583. The largest absolute Gasteiger partial charge is 0.361 e. The number of carbonyl (C=O) groups is 2. The van der Waals surface area contributed by atoms with Crippen LogP contribution in [0.15, 0.2) is 10.6 Å². The van der Waals surface area contributed by atoms with Gasteiger partial charge >= 0.3 is 0 Å². The highest BCUT2D eigenvalue weighted by molar-refractivity contribution is 5.83. The van der Waals surface area contributed by atoms with Crippen molar-refractivity contribution in [3.05, 3.63) is 17.5 Å². The maximum atomic E-state index is 12.5. The average Bonchev–Trinajstić information content (AvgIpc) is 3.05. The van der Waals surface area contributed by atoms with Crippen molar-refractivity contribution in [1.29, 1.82) is 0 Å². The minimum atomic E-state index is -0.160. The van der Waals surface area contributed by atoms with E-state index in [0.29, 0.717) is 31.8 Å². The van der Waals surface area contributed by atoms with Crippen LogP contribution in [0.5, 0.6) is 0 Å². The molecule has 1 saturated heterocycles. The summed E-state index contributed by atoms with van der Waals surface area (Å²) >= 11 is 0. The van der Waals surface area contributed by atoms with Crippen LogP contribution in [0.25, 0.3) is 0 Å². The predicted molar refractivity (Wildman–Crippen MR) is 85.8 cm³/mol. The quantitative estimate of drug-likeness (QED) is 0.829. The Bertz CT molecular complexity index is 553. The zero-order valence-corrected chi connectivity index (χ0v) is 14.3. The van der Waals surface area contributed by atoms with Gasteiger partial charge in [-0.1, -0.05) is 5.16 Å². The first-order chi connectivity index (χ1) is 10.9. The fourth-order valence-corrected chi connectivity index (χ4v) is 3.08. The summed E-state index contributed by atoms with van der Waals surface area (Å²) in [5.74, 6) is 0.595. The van der Waals surface area contributed by atoms with E-state index in [1.807, 2.05) is 37.6 Å². The summed E-state index contributed by atoms with van der Waals surface area (Å²) in [5, 5.41) is 6.76. The van der Waals surface area contributed by atoms with E-state index in [1.165, 1.54) is 0 Å². The third kappa shape index (κ3) is 4.31. The summed E-state index contributed by atoms with van der Waals surface area (Å²) in [7, 11) is 1.93. The summed E-state index contributed by atoms with van der Waals surface area (Å²) in [6.07, 6.45) is 0.822. The molecular weight excluding hydrogens is 296 g/mol. The number of aryl methyl sites for hydroxylation is 1. The van der Waals surface area contributed by atoms with E-state index in [-0.39, 0.29) is 30.3 Å². The SMILES string of the molecule is CCN(CC)C(=O)[C@@H]1C[C@@H](NC(=O)Cc2cc(C)no2)CN1C. The molecule has 0 spiro atoms. The maximum absolute atomic E-state index is 12.5. The highest BCUT2D eigenvalue weighted by Gasteiger charge is 2.36. The molecule has 2 atom stereocenters. The van der Waals surface area contributed by atoms with E-state index in [4.69, 9.17) is 4.52 Å². The van der Waals surface area contributed by atoms with Crippen LogP contribution >= 0.6 is 0 Å². The molecule has 0 unspecified atom stereocenters. The molecule has 7 nitrogen and oxygen atoms in total. The van der Waals surface area contributed by atoms with Crippen LogP contribution in [0, 0.1) is 6.92 Å². The van der Waals surface area contributed by atoms with Crippen LogP contribution in [0.4, 0.5) is 0 Å². The lowest BCUT2D eigenvalue weighted by molar-refractivity contribution is -0.135. The molecule has 1 aliphatic rings. The molecule has 23 heavy (non-hydrogen) atoms. The molecule has 2 heterocycles. The molecule has 1 aliphatic heterocycles. The van der Waals surface area contributed by atoms with Gasteiger partial charge < -0.3 is 14.7 Å². The van der Waals surface area contributed by atoms with Gasteiger partial charge in [-0.05, 0) is 34.2 Å². The molecule has 7 heteroatoms. The third-order valence-electron chi connectivity index (χ3n) is 4.29. The van der Waals surface area contributed by atoms with Crippen molar-refractivity contribution in [1.82, 2.24) is 20.3 Å². The van der Waals surface area contributed by atoms with Gasteiger partial charge in [-0.2, -0.15) is 0 Å². The summed E-state index contributed by atoms with van der Waals surface area (Å²) in [5.41, 5.74) is 0.762. The number of hydrogen-bond donors (Lipinski definition) is 1. The van der Waals surface area contributed by atoms with Crippen molar-refractivity contribution in [3.63, 3.8) is 0 Å². The Morgan fingerprint density at radius 1 is 1.43 bits per heavy atom. The molecule has 1 N–H and O–H groups in total. The number of nitrogens with one attached hydrogen (secondary N) is 1. The molecule has 1 fully saturated rings. The average molecular weight is 322 g/mol. The fraction of sp³-hybridized carbons (Fsp3) is 0.688. The van der Waals surface area contributed by atoms with Crippen molar-refractivity contribution >= 4 is 11.8 Å². The molecule has 1 aromatic rings. The van der Waals surface area contributed by atoms with E-state index >= 15 is 0 Å². The van der Waals surface area contributed by atoms with E-state index in [0.717, 1.165) is 5.69 Å². The summed E-state index contributed by atoms with van der Waals surface area (Å²) in [4.78, 5) is 28.4.